The van der Waals surface area contributed by atoms with Gasteiger partial charge in [-0.1, -0.05) is 35.5 Å². The van der Waals surface area contributed by atoms with Crippen LogP contribution in [0.25, 0.3) is 16.9 Å². The van der Waals surface area contributed by atoms with E-state index >= 15 is 0 Å². The second-order valence-electron chi connectivity index (χ2n) is 5.85. The number of fused-ring (bicyclic) bond motifs is 1. The Morgan fingerprint density at radius 1 is 0.963 bits per heavy atom. The lowest BCUT2D eigenvalue weighted by Crippen LogP contribution is -2.30. The average molecular weight is 379 g/mol. The van der Waals surface area contributed by atoms with Crippen molar-refractivity contribution >= 4 is 26.7 Å². The number of nitrogens with zero attached hydrogens (tertiary/aromatic N) is 5. The summed E-state index contributed by atoms with van der Waals surface area (Å²) in [6, 6.07) is 19.7. The van der Waals surface area contributed by atoms with Gasteiger partial charge in [0.25, 0.3) is 10.0 Å². The second kappa shape index (κ2) is 6.81. The number of benzene rings is 2. The molecule has 0 spiro atoms. The number of aromatic nitrogens is 4. The van der Waals surface area contributed by atoms with E-state index in [0.717, 1.165) is 11.0 Å². The van der Waals surface area contributed by atoms with Crippen molar-refractivity contribution in [2.75, 3.05) is 10.8 Å². The highest BCUT2D eigenvalue weighted by molar-refractivity contribution is 7.92. The molecule has 136 valence electrons. The Bertz CT molecular complexity index is 1170. The molecule has 0 aliphatic carbocycles. The summed E-state index contributed by atoms with van der Waals surface area (Å²) in [4.78, 5) is 4.43. The topological polar surface area (TPSA) is 81.0 Å². The zero-order valence-corrected chi connectivity index (χ0v) is 15.4. The minimum atomic E-state index is -3.71. The highest BCUT2D eigenvalue weighted by Gasteiger charge is 2.24. The molecule has 0 aliphatic heterocycles. The zero-order chi connectivity index (χ0) is 18.9. The van der Waals surface area contributed by atoms with Crippen LogP contribution < -0.4 is 4.31 Å². The van der Waals surface area contributed by atoms with E-state index in [1.165, 1.54) is 10.5 Å². The van der Waals surface area contributed by atoms with Crippen molar-refractivity contribution in [2.45, 2.75) is 11.8 Å². The van der Waals surface area contributed by atoms with Crippen LogP contribution in [-0.2, 0) is 10.0 Å². The first-order valence-electron chi connectivity index (χ1n) is 8.46. The van der Waals surface area contributed by atoms with E-state index < -0.39 is 10.0 Å². The highest BCUT2D eigenvalue weighted by atomic mass is 32.2. The maximum Gasteiger partial charge on any atom is 0.265 e. The molecule has 0 amide bonds. The fourth-order valence-corrected chi connectivity index (χ4v) is 4.32. The molecule has 0 bridgehead atoms. The molecule has 0 fully saturated rings. The molecule has 0 atom stereocenters. The van der Waals surface area contributed by atoms with Gasteiger partial charge in [0.15, 0.2) is 5.82 Å². The van der Waals surface area contributed by atoms with E-state index in [1.54, 1.807) is 35.9 Å². The van der Waals surface area contributed by atoms with E-state index in [2.05, 4.69) is 15.3 Å². The minimum absolute atomic E-state index is 0.126. The van der Waals surface area contributed by atoms with Gasteiger partial charge in [0, 0.05) is 12.7 Å². The summed E-state index contributed by atoms with van der Waals surface area (Å²) >= 11 is 0. The molecule has 2 aromatic heterocycles. The first kappa shape index (κ1) is 17.2. The van der Waals surface area contributed by atoms with Gasteiger partial charge in [-0.15, -0.1) is 5.10 Å². The highest BCUT2D eigenvalue weighted by Crippen LogP contribution is 2.23. The first-order valence-corrected chi connectivity index (χ1v) is 9.90. The summed E-state index contributed by atoms with van der Waals surface area (Å²) < 4.78 is 29.0. The van der Waals surface area contributed by atoms with Crippen LogP contribution in [0.2, 0.25) is 0 Å². The summed E-state index contributed by atoms with van der Waals surface area (Å²) in [5.41, 5.74) is 2.17. The maximum atomic E-state index is 13.0. The van der Waals surface area contributed by atoms with E-state index in [0.29, 0.717) is 18.1 Å². The lowest BCUT2D eigenvalue weighted by Gasteiger charge is -2.22. The molecule has 4 rings (SSSR count). The number of para-hydroxylation sites is 2. The first-order chi connectivity index (χ1) is 13.1. The number of rotatable bonds is 5. The molecule has 0 radical (unpaired) electrons. The standard InChI is InChI=1S/C19H17N5O2S/c1-2-23(15-8-4-3-5-9-15)27(25,26)16-12-13-19(20-14-16)24-18-11-7-6-10-17(18)21-22-24/h3-14H,2H2,1H3. The molecular weight excluding hydrogens is 362 g/mol. The van der Waals surface area contributed by atoms with Crippen LogP contribution >= 0.6 is 0 Å². The third kappa shape index (κ3) is 3.04. The van der Waals surface area contributed by atoms with Crippen LogP contribution in [0.5, 0.6) is 0 Å². The van der Waals surface area contributed by atoms with Gasteiger partial charge in [-0.2, -0.15) is 4.68 Å². The lowest BCUT2D eigenvalue weighted by molar-refractivity contribution is 0.591. The van der Waals surface area contributed by atoms with Gasteiger partial charge in [-0.25, -0.2) is 13.4 Å². The SMILES string of the molecule is CCN(c1ccccc1)S(=O)(=O)c1ccc(-n2nnc3ccccc32)nc1. The number of pyridine rings is 1. The van der Waals surface area contributed by atoms with Crippen LogP contribution in [0.1, 0.15) is 6.92 Å². The van der Waals surface area contributed by atoms with E-state index in [9.17, 15) is 8.42 Å². The summed E-state index contributed by atoms with van der Waals surface area (Å²) in [5, 5.41) is 8.19. The van der Waals surface area contributed by atoms with Crippen molar-refractivity contribution < 1.29 is 8.42 Å². The van der Waals surface area contributed by atoms with E-state index in [4.69, 9.17) is 0 Å². The van der Waals surface area contributed by atoms with Crippen LogP contribution in [0.15, 0.2) is 77.8 Å². The Morgan fingerprint density at radius 2 is 1.70 bits per heavy atom. The summed E-state index contributed by atoms with van der Waals surface area (Å²) in [6.45, 7) is 2.12. The van der Waals surface area contributed by atoms with Crippen molar-refractivity contribution in [1.29, 1.82) is 0 Å². The fourth-order valence-electron chi connectivity index (χ4n) is 2.90. The quantitative estimate of drug-likeness (QED) is 0.532. The smallest absolute Gasteiger partial charge is 0.265 e. The number of hydrogen-bond donors (Lipinski definition) is 0. The number of anilines is 1. The third-order valence-corrected chi connectivity index (χ3v) is 6.10. The molecule has 0 saturated heterocycles. The zero-order valence-electron chi connectivity index (χ0n) is 14.6. The van der Waals surface area contributed by atoms with E-state index in [1.807, 2.05) is 42.5 Å². The minimum Gasteiger partial charge on any atom is -0.267 e. The molecular formula is C19H17N5O2S. The van der Waals surface area contributed by atoms with Gasteiger partial charge in [0.2, 0.25) is 0 Å². The fraction of sp³-hybridized carbons (Fsp3) is 0.105. The molecule has 2 aromatic carbocycles. The normalized spacial score (nSPS) is 11.6. The van der Waals surface area contributed by atoms with Crippen LogP contribution in [0, 0.1) is 0 Å². The Morgan fingerprint density at radius 3 is 2.41 bits per heavy atom. The monoisotopic (exact) mass is 379 g/mol. The van der Waals surface area contributed by atoms with Crippen molar-refractivity contribution in [1.82, 2.24) is 20.0 Å². The molecule has 27 heavy (non-hydrogen) atoms. The number of sulfonamides is 1. The Kier molecular flexibility index (Phi) is 4.33. The van der Waals surface area contributed by atoms with Crippen LogP contribution in [-0.4, -0.2) is 34.9 Å². The molecule has 0 N–H and O–H groups in total. The van der Waals surface area contributed by atoms with Crippen molar-refractivity contribution in [2.24, 2.45) is 0 Å². The van der Waals surface area contributed by atoms with Gasteiger partial charge >= 0.3 is 0 Å². The van der Waals surface area contributed by atoms with Crippen molar-refractivity contribution in [3.63, 3.8) is 0 Å². The lowest BCUT2D eigenvalue weighted by atomic mass is 10.3. The molecule has 0 unspecified atom stereocenters. The van der Waals surface area contributed by atoms with Gasteiger partial charge in [0.1, 0.15) is 10.4 Å². The largest absolute Gasteiger partial charge is 0.267 e. The Balaban J connectivity index is 1.71. The Labute approximate surface area is 156 Å². The number of hydrogen-bond acceptors (Lipinski definition) is 5. The third-order valence-electron chi connectivity index (χ3n) is 4.21. The van der Waals surface area contributed by atoms with Gasteiger partial charge in [-0.3, -0.25) is 4.31 Å². The molecule has 7 nitrogen and oxygen atoms in total. The molecule has 0 saturated carbocycles. The average Bonchev–Trinajstić information content (AvgIpc) is 3.13. The van der Waals surface area contributed by atoms with Crippen LogP contribution in [0.4, 0.5) is 5.69 Å². The summed E-state index contributed by atoms with van der Waals surface area (Å²) in [7, 11) is -3.71. The summed E-state index contributed by atoms with van der Waals surface area (Å²) in [5.74, 6) is 0.505. The van der Waals surface area contributed by atoms with Crippen molar-refractivity contribution in [3.05, 3.63) is 72.9 Å². The maximum absolute atomic E-state index is 13.0. The Hall–Kier alpha value is -3.26. The van der Waals surface area contributed by atoms with Gasteiger partial charge in [-0.05, 0) is 43.3 Å². The predicted molar refractivity (Wildman–Crippen MR) is 103 cm³/mol. The predicted octanol–water partition coefficient (Wildman–Crippen LogP) is 3.03. The molecule has 8 heteroatoms. The molecule has 0 aliphatic rings. The van der Waals surface area contributed by atoms with E-state index in [-0.39, 0.29) is 4.90 Å². The second-order valence-corrected chi connectivity index (χ2v) is 7.71. The molecule has 2 heterocycles. The van der Waals surface area contributed by atoms with Gasteiger partial charge < -0.3 is 0 Å². The van der Waals surface area contributed by atoms with Crippen LogP contribution in [0.3, 0.4) is 0 Å². The molecule has 4 aromatic rings. The van der Waals surface area contributed by atoms with Gasteiger partial charge in [0.05, 0.1) is 11.2 Å². The van der Waals surface area contributed by atoms with Crippen molar-refractivity contribution in [3.8, 4) is 5.82 Å². The summed E-state index contributed by atoms with van der Waals surface area (Å²) in [6.07, 6.45) is 1.35.